The Morgan fingerprint density at radius 1 is 1.50 bits per heavy atom. The van der Waals surface area contributed by atoms with Crippen molar-refractivity contribution >= 4 is 5.91 Å². The second kappa shape index (κ2) is 4.39. The number of nitrogens with one attached hydrogen (secondary N) is 1. The first kappa shape index (κ1) is 11.7. The molecule has 0 unspecified atom stereocenters. The van der Waals surface area contributed by atoms with E-state index in [1.807, 2.05) is 0 Å². The third-order valence-electron chi connectivity index (χ3n) is 3.85. The lowest BCUT2D eigenvalue weighted by atomic mass is 10.1. The van der Waals surface area contributed by atoms with Gasteiger partial charge in [-0.15, -0.1) is 0 Å². The molecule has 0 spiro atoms. The van der Waals surface area contributed by atoms with Gasteiger partial charge in [-0.2, -0.15) is 0 Å². The molecule has 1 amide bonds. The lowest BCUT2D eigenvalue weighted by Gasteiger charge is -2.15. The van der Waals surface area contributed by atoms with E-state index < -0.39 is 0 Å². The fourth-order valence-corrected chi connectivity index (χ4v) is 2.60. The van der Waals surface area contributed by atoms with Gasteiger partial charge in [0.1, 0.15) is 5.76 Å². The Morgan fingerprint density at radius 2 is 2.28 bits per heavy atom. The number of rotatable bonds is 3. The molecule has 5 nitrogen and oxygen atoms in total. The van der Waals surface area contributed by atoms with Gasteiger partial charge in [0.15, 0.2) is 5.69 Å². The average Bonchev–Trinajstić information content (AvgIpc) is 2.96. The van der Waals surface area contributed by atoms with E-state index in [1.54, 1.807) is 6.07 Å². The summed E-state index contributed by atoms with van der Waals surface area (Å²) in [6.07, 6.45) is 2.31. The first-order valence-electron chi connectivity index (χ1n) is 6.59. The largest absolute Gasteiger partial charge is 0.360 e. The third-order valence-corrected chi connectivity index (χ3v) is 3.85. The summed E-state index contributed by atoms with van der Waals surface area (Å²) < 4.78 is 5.20. The Labute approximate surface area is 107 Å². The van der Waals surface area contributed by atoms with Gasteiger partial charge < -0.3 is 14.7 Å². The molecule has 18 heavy (non-hydrogen) atoms. The minimum Gasteiger partial charge on any atom is -0.360 e. The summed E-state index contributed by atoms with van der Waals surface area (Å²) >= 11 is 0. The van der Waals surface area contributed by atoms with Gasteiger partial charge in [0.05, 0.1) is 0 Å². The number of nitrogens with zero attached hydrogens (tertiary/aromatic N) is 2. The van der Waals surface area contributed by atoms with Gasteiger partial charge in [-0.25, -0.2) is 0 Å². The van der Waals surface area contributed by atoms with Crippen LogP contribution in [0, 0.1) is 5.92 Å². The molecule has 1 aromatic heterocycles. The molecule has 2 heterocycles. The van der Waals surface area contributed by atoms with Gasteiger partial charge in [0.2, 0.25) is 0 Å². The van der Waals surface area contributed by atoms with Crippen molar-refractivity contribution in [2.24, 2.45) is 5.92 Å². The van der Waals surface area contributed by atoms with Crippen molar-refractivity contribution in [1.82, 2.24) is 15.4 Å². The molecular formula is C13H19N3O2. The molecule has 1 saturated heterocycles. The molecule has 2 fully saturated rings. The molecule has 98 valence electrons. The van der Waals surface area contributed by atoms with Gasteiger partial charge in [-0.05, 0) is 25.8 Å². The summed E-state index contributed by atoms with van der Waals surface area (Å²) in [4.78, 5) is 14.3. The average molecular weight is 249 g/mol. The standard InChI is InChI=1S/C13H19N3O2/c1-8-6-16(2)7-11(8)14-13(17)10-5-12(18-15-10)9-3-4-9/h5,8-9,11H,3-4,6-7H2,1-2H3,(H,14,17)/t8-,11+/m0/s1. The summed E-state index contributed by atoms with van der Waals surface area (Å²) in [5.74, 6) is 1.72. The van der Waals surface area contributed by atoms with E-state index in [9.17, 15) is 4.79 Å². The van der Waals surface area contributed by atoms with Crippen LogP contribution in [0.4, 0.5) is 0 Å². The number of aromatic nitrogens is 1. The second-order valence-corrected chi connectivity index (χ2v) is 5.67. The number of likely N-dealkylation sites (tertiary alicyclic amines) is 1. The van der Waals surface area contributed by atoms with E-state index in [0.717, 1.165) is 31.7 Å². The van der Waals surface area contributed by atoms with Crippen LogP contribution >= 0.6 is 0 Å². The zero-order valence-electron chi connectivity index (χ0n) is 10.8. The maximum atomic E-state index is 12.1. The van der Waals surface area contributed by atoms with E-state index in [1.165, 1.54) is 0 Å². The van der Waals surface area contributed by atoms with E-state index in [0.29, 0.717) is 17.5 Å². The van der Waals surface area contributed by atoms with Crippen LogP contribution in [0.3, 0.4) is 0 Å². The van der Waals surface area contributed by atoms with E-state index in [4.69, 9.17) is 4.52 Å². The number of hydrogen-bond acceptors (Lipinski definition) is 4. The highest BCUT2D eigenvalue weighted by molar-refractivity contribution is 5.92. The number of likely N-dealkylation sites (N-methyl/N-ethyl adjacent to an activating group) is 1. The van der Waals surface area contributed by atoms with Crippen molar-refractivity contribution in [2.45, 2.75) is 31.7 Å². The van der Waals surface area contributed by atoms with Gasteiger partial charge >= 0.3 is 0 Å². The van der Waals surface area contributed by atoms with Crippen LogP contribution < -0.4 is 5.32 Å². The minimum absolute atomic E-state index is 0.113. The van der Waals surface area contributed by atoms with E-state index in [-0.39, 0.29) is 11.9 Å². The maximum absolute atomic E-state index is 12.1. The normalized spacial score (nSPS) is 28.6. The van der Waals surface area contributed by atoms with Crippen LogP contribution in [0.15, 0.2) is 10.6 Å². The summed E-state index contributed by atoms with van der Waals surface area (Å²) in [6, 6.07) is 2.00. The molecule has 2 aliphatic rings. The Balaban J connectivity index is 1.63. The molecule has 0 bridgehead atoms. The zero-order chi connectivity index (χ0) is 12.7. The predicted molar refractivity (Wildman–Crippen MR) is 66.4 cm³/mol. The summed E-state index contributed by atoms with van der Waals surface area (Å²) in [6.45, 7) is 4.09. The van der Waals surface area contributed by atoms with Gasteiger partial charge in [-0.3, -0.25) is 4.79 Å². The predicted octanol–water partition coefficient (Wildman–Crippen LogP) is 1.23. The van der Waals surface area contributed by atoms with Crippen molar-refractivity contribution in [3.63, 3.8) is 0 Å². The monoisotopic (exact) mass is 249 g/mol. The Morgan fingerprint density at radius 3 is 2.89 bits per heavy atom. The molecule has 1 N–H and O–H groups in total. The van der Waals surface area contributed by atoms with Crippen molar-refractivity contribution in [1.29, 1.82) is 0 Å². The molecule has 0 radical (unpaired) electrons. The van der Waals surface area contributed by atoms with Crippen molar-refractivity contribution < 1.29 is 9.32 Å². The summed E-state index contributed by atoms with van der Waals surface area (Å²) in [5, 5.41) is 6.91. The zero-order valence-corrected chi connectivity index (χ0v) is 10.8. The van der Waals surface area contributed by atoms with Gasteiger partial charge in [0.25, 0.3) is 5.91 Å². The molecule has 1 aliphatic heterocycles. The number of carbonyl (C=O) groups is 1. The summed E-state index contributed by atoms with van der Waals surface area (Å²) in [7, 11) is 2.07. The van der Waals surface area contributed by atoms with Crippen molar-refractivity contribution in [3.8, 4) is 0 Å². The van der Waals surface area contributed by atoms with Crippen LogP contribution in [0.2, 0.25) is 0 Å². The number of amides is 1. The molecule has 3 rings (SSSR count). The highest BCUT2D eigenvalue weighted by Gasteiger charge is 2.31. The summed E-state index contributed by atoms with van der Waals surface area (Å²) in [5.41, 5.74) is 0.415. The van der Waals surface area contributed by atoms with E-state index in [2.05, 4.69) is 29.3 Å². The van der Waals surface area contributed by atoms with Crippen LogP contribution in [0.5, 0.6) is 0 Å². The number of carbonyl (C=O) groups excluding carboxylic acids is 1. The fourth-order valence-electron chi connectivity index (χ4n) is 2.60. The van der Waals surface area contributed by atoms with E-state index >= 15 is 0 Å². The highest BCUT2D eigenvalue weighted by Crippen LogP contribution is 2.40. The molecule has 1 saturated carbocycles. The molecule has 0 aromatic carbocycles. The van der Waals surface area contributed by atoms with Crippen LogP contribution in [-0.4, -0.2) is 42.1 Å². The molecule has 1 aliphatic carbocycles. The maximum Gasteiger partial charge on any atom is 0.273 e. The van der Waals surface area contributed by atoms with Gasteiger partial charge in [-0.1, -0.05) is 12.1 Å². The Hall–Kier alpha value is -1.36. The van der Waals surface area contributed by atoms with Crippen molar-refractivity contribution in [2.75, 3.05) is 20.1 Å². The first-order chi connectivity index (χ1) is 8.63. The third kappa shape index (κ3) is 2.27. The van der Waals surface area contributed by atoms with Gasteiger partial charge in [0, 0.05) is 31.1 Å². The minimum atomic E-state index is -0.113. The lowest BCUT2D eigenvalue weighted by Crippen LogP contribution is -2.39. The molecule has 5 heteroatoms. The van der Waals surface area contributed by atoms with Crippen LogP contribution in [-0.2, 0) is 0 Å². The Kier molecular flexibility index (Phi) is 2.86. The second-order valence-electron chi connectivity index (χ2n) is 5.67. The highest BCUT2D eigenvalue weighted by atomic mass is 16.5. The SMILES string of the molecule is C[C@H]1CN(C)C[C@H]1NC(=O)c1cc(C2CC2)on1. The quantitative estimate of drug-likeness (QED) is 0.875. The molecule has 1 aromatic rings. The smallest absolute Gasteiger partial charge is 0.273 e. The molecular weight excluding hydrogens is 230 g/mol. The number of hydrogen-bond donors (Lipinski definition) is 1. The van der Waals surface area contributed by atoms with Crippen LogP contribution in [0.25, 0.3) is 0 Å². The molecule has 2 atom stereocenters. The first-order valence-corrected chi connectivity index (χ1v) is 6.59. The lowest BCUT2D eigenvalue weighted by molar-refractivity contribution is 0.0922. The fraction of sp³-hybridized carbons (Fsp3) is 0.692. The topological polar surface area (TPSA) is 58.4 Å². The van der Waals surface area contributed by atoms with Crippen LogP contribution in [0.1, 0.15) is 41.9 Å². The Bertz CT molecular complexity index is 453. The van der Waals surface area contributed by atoms with Crippen molar-refractivity contribution in [3.05, 3.63) is 17.5 Å².